The molecule has 2 aromatic rings. The van der Waals surface area contributed by atoms with E-state index < -0.39 is 0 Å². The Morgan fingerprint density at radius 1 is 1.15 bits per heavy atom. The van der Waals surface area contributed by atoms with Crippen molar-refractivity contribution >= 4 is 28.6 Å². The Labute approximate surface area is 160 Å². The summed E-state index contributed by atoms with van der Waals surface area (Å²) in [7, 11) is 0. The Kier molecular flexibility index (Phi) is 5.55. The van der Waals surface area contributed by atoms with Gasteiger partial charge in [0.25, 0.3) is 0 Å². The highest BCUT2D eigenvalue weighted by molar-refractivity contribution is 8.00. The van der Waals surface area contributed by atoms with Crippen molar-refractivity contribution in [1.29, 1.82) is 0 Å². The number of fused-ring (bicyclic) bond motifs is 1. The number of nitrogens with one attached hydrogen (secondary N) is 2. The van der Waals surface area contributed by atoms with Crippen LogP contribution in [0.3, 0.4) is 0 Å². The first-order chi connectivity index (χ1) is 12.7. The van der Waals surface area contributed by atoms with Crippen LogP contribution in [0.25, 0.3) is 10.9 Å². The lowest BCUT2D eigenvalue weighted by Crippen LogP contribution is -2.58. The summed E-state index contributed by atoms with van der Waals surface area (Å²) in [6, 6.07) is 9.92. The van der Waals surface area contributed by atoms with Crippen molar-refractivity contribution in [2.75, 3.05) is 5.75 Å². The van der Waals surface area contributed by atoms with E-state index in [1.54, 1.807) is 11.8 Å². The van der Waals surface area contributed by atoms with Crippen molar-refractivity contribution in [3.05, 3.63) is 30.5 Å². The average Bonchev–Trinajstić information content (AvgIpc) is 3.29. The monoisotopic (exact) mass is 371 g/mol. The molecule has 4 nitrogen and oxygen atoms in total. The van der Waals surface area contributed by atoms with Crippen LogP contribution in [-0.4, -0.2) is 34.4 Å². The van der Waals surface area contributed by atoms with Crippen molar-refractivity contribution in [2.45, 2.75) is 75.0 Å². The lowest BCUT2D eigenvalue weighted by atomic mass is 9.85. The SMILES string of the molecule is CCn1cc(SCC(=O)N[C@H]2CC[C@H]2NC2CCCC2)c2ccccc21. The third kappa shape index (κ3) is 3.79. The topological polar surface area (TPSA) is 46.1 Å². The third-order valence-corrected chi connectivity index (χ3v) is 6.92. The van der Waals surface area contributed by atoms with Gasteiger partial charge in [0, 0.05) is 46.7 Å². The number of benzene rings is 1. The van der Waals surface area contributed by atoms with Gasteiger partial charge in [-0.05, 0) is 38.7 Å². The fraction of sp³-hybridized carbons (Fsp3) is 0.571. The number of aryl methyl sites for hydroxylation is 1. The van der Waals surface area contributed by atoms with E-state index in [9.17, 15) is 4.79 Å². The number of hydrogen-bond donors (Lipinski definition) is 2. The van der Waals surface area contributed by atoms with Gasteiger partial charge in [-0.15, -0.1) is 11.8 Å². The molecule has 2 aliphatic rings. The van der Waals surface area contributed by atoms with Gasteiger partial charge >= 0.3 is 0 Å². The molecule has 0 unspecified atom stereocenters. The smallest absolute Gasteiger partial charge is 0.230 e. The molecule has 0 spiro atoms. The van der Waals surface area contributed by atoms with E-state index in [-0.39, 0.29) is 5.91 Å². The Morgan fingerprint density at radius 2 is 1.92 bits per heavy atom. The molecule has 0 saturated heterocycles. The van der Waals surface area contributed by atoms with E-state index in [4.69, 9.17) is 0 Å². The number of nitrogens with zero attached hydrogens (tertiary/aromatic N) is 1. The number of amides is 1. The molecule has 1 heterocycles. The van der Waals surface area contributed by atoms with Gasteiger partial charge in [-0.1, -0.05) is 31.0 Å². The predicted molar refractivity (Wildman–Crippen MR) is 109 cm³/mol. The fourth-order valence-electron chi connectivity index (χ4n) is 4.25. The molecule has 1 aromatic carbocycles. The van der Waals surface area contributed by atoms with Crippen molar-refractivity contribution in [2.24, 2.45) is 0 Å². The molecule has 26 heavy (non-hydrogen) atoms. The minimum absolute atomic E-state index is 0.159. The molecular formula is C21H29N3OS. The largest absolute Gasteiger partial charge is 0.351 e. The highest BCUT2D eigenvalue weighted by Crippen LogP contribution is 2.30. The first-order valence-corrected chi connectivity index (χ1v) is 11.0. The summed E-state index contributed by atoms with van der Waals surface area (Å²) in [6.45, 7) is 3.10. The van der Waals surface area contributed by atoms with Crippen molar-refractivity contribution in [3.8, 4) is 0 Å². The van der Waals surface area contributed by atoms with Crippen LogP contribution in [0.4, 0.5) is 0 Å². The molecule has 0 bridgehead atoms. The van der Waals surface area contributed by atoms with Crippen LogP contribution >= 0.6 is 11.8 Å². The maximum Gasteiger partial charge on any atom is 0.230 e. The second kappa shape index (κ2) is 8.05. The minimum atomic E-state index is 0.159. The third-order valence-electron chi connectivity index (χ3n) is 5.88. The Balaban J connectivity index is 1.30. The van der Waals surface area contributed by atoms with Gasteiger partial charge in [0.15, 0.2) is 0 Å². The van der Waals surface area contributed by atoms with Gasteiger partial charge < -0.3 is 15.2 Å². The summed E-state index contributed by atoms with van der Waals surface area (Å²) >= 11 is 1.65. The van der Waals surface area contributed by atoms with Crippen molar-refractivity contribution < 1.29 is 4.79 Å². The number of rotatable bonds is 7. The van der Waals surface area contributed by atoms with Crippen LogP contribution in [-0.2, 0) is 11.3 Å². The summed E-state index contributed by atoms with van der Waals surface area (Å²) < 4.78 is 2.25. The maximum absolute atomic E-state index is 12.4. The molecular weight excluding hydrogens is 342 g/mol. The van der Waals surface area contributed by atoms with Crippen LogP contribution in [0.1, 0.15) is 45.4 Å². The molecule has 2 N–H and O–H groups in total. The quantitative estimate of drug-likeness (QED) is 0.725. The van der Waals surface area contributed by atoms with E-state index in [1.165, 1.54) is 47.9 Å². The molecule has 2 saturated carbocycles. The summed E-state index contributed by atoms with van der Waals surface area (Å²) in [6.07, 6.45) is 9.78. The van der Waals surface area contributed by atoms with Crippen LogP contribution in [0.2, 0.25) is 0 Å². The molecule has 2 fully saturated rings. The Hall–Kier alpha value is -1.46. The van der Waals surface area contributed by atoms with E-state index in [2.05, 4.69) is 52.6 Å². The van der Waals surface area contributed by atoms with Crippen LogP contribution in [0.15, 0.2) is 35.4 Å². The van der Waals surface area contributed by atoms with Crippen LogP contribution < -0.4 is 10.6 Å². The summed E-state index contributed by atoms with van der Waals surface area (Å²) in [5.74, 6) is 0.649. The number of carbonyl (C=O) groups excluding carboxylic acids is 1. The molecule has 0 aliphatic heterocycles. The normalized spacial score (nSPS) is 23.3. The molecule has 4 rings (SSSR count). The molecule has 2 atom stereocenters. The Bertz CT molecular complexity index is 766. The van der Waals surface area contributed by atoms with Gasteiger partial charge in [0.1, 0.15) is 0 Å². The summed E-state index contributed by atoms with van der Waals surface area (Å²) in [4.78, 5) is 13.6. The summed E-state index contributed by atoms with van der Waals surface area (Å²) in [5, 5.41) is 8.25. The zero-order valence-electron chi connectivity index (χ0n) is 15.5. The van der Waals surface area contributed by atoms with Crippen LogP contribution in [0, 0.1) is 0 Å². The van der Waals surface area contributed by atoms with Gasteiger partial charge in [-0.3, -0.25) is 4.79 Å². The second-order valence-corrected chi connectivity index (χ2v) is 8.61. The number of para-hydroxylation sites is 1. The van der Waals surface area contributed by atoms with E-state index in [1.807, 2.05) is 0 Å². The molecule has 1 amide bonds. The lowest BCUT2D eigenvalue weighted by Gasteiger charge is -2.39. The fourth-order valence-corrected chi connectivity index (χ4v) is 5.15. The molecule has 0 radical (unpaired) electrons. The van der Waals surface area contributed by atoms with Crippen LogP contribution in [0.5, 0.6) is 0 Å². The lowest BCUT2D eigenvalue weighted by molar-refractivity contribution is -0.120. The van der Waals surface area contributed by atoms with E-state index in [0.29, 0.717) is 23.9 Å². The predicted octanol–water partition coefficient (Wildman–Crippen LogP) is 3.93. The van der Waals surface area contributed by atoms with Gasteiger partial charge in [-0.25, -0.2) is 0 Å². The highest BCUT2D eigenvalue weighted by atomic mass is 32.2. The molecule has 140 valence electrons. The number of aromatic nitrogens is 1. The van der Waals surface area contributed by atoms with Gasteiger partial charge in [0.05, 0.1) is 5.75 Å². The number of thioether (sulfide) groups is 1. The zero-order chi connectivity index (χ0) is 17.9. The average molecular weight is 372 g/mol. The Morgan fingerprint density at radius 3 is 2.65 bits per heavy atom. The highest BCUT2D eigenvalue weighted by Gasteiger charge is 2.33. The van der Waals surface area contributed by atoms with Crippen molar-refractivity contribution in [3.63, 3.8) is 0 Å². The van der Waals surface area contributed by atoms with E-state index >= 15 is 0 Å². The van der Waals surface area contributed by atoms with Crippen molar-refractivity contribution in [1.82, 2.24) is 15.2 Å². The number of hydrogen-bond acceptors (Lipinski definition) is 3. The molecule has 1 aromatic heterocycles. The van der Waals surface area contributed by atoms with Gasteiger partial charge in [0.2, 0.25) is 5.91 Å². The molecule has 5 heteroatoms. The van der Waals surface area contributed by atoms with E-state index in [0.717, 1.165) is 13.0 Å². The van der Waals surface area contributed by atoms with Gasteiger partial charge in [-0.2, -0.15) is 0 Å². The minimum Gasteiger partial charge on any atom is -0.351 e. The first-order valence-electron chi connectivity index (χ1n) is 10.0. The zero-order valence-corrected chi connectivity index (χ0v) is 16.4. The first kappa shape index (κ1) is 17.9. The molecule has 2 aliphatic carbocycles. The maximum atomic E-state index is 12.4. The standard InChI is InChI=1S/C21H29N3OS/c1-2-24-13-20(16-9-5-6-10-19(16)24)26-14-21(25)23-18-12-11-17(18)22-15-7-3-4-8-15/h5-6,9-10,13,15,17-18,22H,2-4,7-8,11-12,14H2,1H3,(H,23,25)/t17-,18+/m1/s1. The summed E-state index contributed by atoms with van der Waals surface area (Å²) in [5.41, 5.74) is 1.25. The number of carbonyl (C=O) groups is 1. The second-order valence-electron chi connectivity index (χ2n) is 7.59.